The molecule has 0 saturated carbocycles. The summed E-state index contributed by atoms with van der Waals surface area (Å²) in [6, 6.07) is 31.5. The van der Waals surface area contributed by atoms with Gasteiger partial charge >= 0.3 is 11.9 Å². The minimum atomic E-state index is -3.90. The van der Waals surface area contributed by atoms with Gasteiger partial charge in [0.25, 0.3) is 0 Å². The van der Waals surface area contributed by atoms with Gasteiger partial charge in [-0.1, -0.05) is 60.7 Å². The van der Waals surface area contributed by atoms with Crippen LogP contribution in [0.4, 0.5) is 34.1 Å². The molecule has 0 aromatic heterocycles. The van der Waals surface area contributed by atoms with Crippen molar-refractivity contribution in [2.45, 2.75) is 9.79 Å². The number of hydrogen-bond acceptors (Lipinski definition) is 10. The van der Waals surface area contributed by atoms with Crippen molar-refractivity contribution >= 4 is 77.4 Å². The number of anilines is 2. The molecule has 0 saturated heterocycles. The number of benzene rings is 6. The average molecular weight is 671 g/mol. The van der Waals surface area contributed by atoms with Gasteiger partial charge in [0.15, 0.2) is 0 Å². The maximum absolute atomic E-state index is 13.7. The van der Waals surface area contributed by atoms with Crippen LogP contribution >= 0.6 is 0 Å². The molecule has 6 aromatic rings. The first kappa shape index (κ1) is 31.1. The summed E-state index contributed by atoms with van der Waals surface area (Å²) >= 11 is 0. The Hall–Kier alpha value is -6.47. The van der Waals surface area contributed by atoms with E-state index in [0.717, 1.165) is 21.5 Å². The van der Waals surface area contributed by atoms with Gasteiger partial charge in [-0.05, 0) is 48.5 Å². The lowest BCUT2D eigenvalue weighted by molar-refractivity contribution is -0.135. The van der Waals surface area contributed by atoms with E-state index in [9.17, 15) is 18.0 Å². The van der Waals surface area contributed by atoms with Crippen LogP contribution < -0.4 is 10.6 Å². The molecule has 0 radical (unpaired) electrons. The van der Waals surface area contributed by atoms with Gasteiger partial charge in [-0.15, -0.1) is 10.2 Å². The number of nitrogens with zero attached hydrogens (tertiary/aromatic N) is 4. The quantitative estimate of drug-likeness (QED) is 0.104. The number of rotatable bonds is 10. The van der Waals surface area contributed by atoms with E-state index in [1.807, 2.05) is 48.5 Å². The smallest absolute Gasteiger partial charge is 0.322 e. The molecule has 13 heteroatoms. The summed E-state index contributed by atoms with van der Waals surface area (Å²) in [5, 5.41) is 44.5. The van der Waals surface area contributed by atoms with Gasteiger partial charge in [-0.2, -0.15) is 10.2 Å². The van der Waals surface area contributed by atoms with Crippen LogP contribution in [0.25, 0.3) is 32.7 Å². The van der Waals surface area contributed by atoms with Gasteiger partial charge in [0.05, 0.1) is 32.5 Å². The summed E-state index contributed by atoms with van der Waals surface area (Å²) in [5.41, 5.74) is 4.16. The molecular formula is C36H26N6O6S. The molecule has 0 atom stereocenters. The molecule has 6 aromatic carbocycles. The fraction of sp³-hybridized carbons (Fsp3) is 0.0556. The molecule has 1 aliphatic heterocycles. The third kappa shape index (κ3) is 6.05. The molecular weight excluding hydrogens is 644 g/mol. The molecule has 12 nitrogen and oxygen atoms in total. The number of nitrogens with one attached hydrogen (secondary N) is 2. The summed E-state index contributed by atoms with van der Waals surface area (Å²) in [6.07, 6.45) is 0. The van der Waals surface area contributed by atoms with Gasteiger partial charge in [-0.3, -0.25) is 9.59 Å². The molecule has 0 spiro atoms. The highest BCUT2D eigenvalue weighted by Crippen LogP contribution is 2.46. The van der Waals surface area contributed by atoms with Crippen LogP contribution in [-0.4, -0.2) is 43.7 Å². The van der Waals surface area contributed by atoms with Crippen LogP contribution in [0.2, 0.25) is 0 Å². The van der Waals surface area contributed by atoms with Crippen molar-refractivity contribution in [2.24, 2.45) is 20.5 Å². The highest BCUT2D eigenvalue weighted by atomic mass is 32.2. The number of carboxylic acids is 2. The predicted octanol–water partition coefficient (Wildman–Crippen LogP) is 8.63. The number of azo groups is 2. The monoisotopic (exact) mass is 670 g/mol. The highest BCUT2D eigenvalue weighted by Gasteiger charge is 2.33. The van der Waals surface area contributed by atoms with E-state index in [1.54, 1.807) is 48.5 Å². The second kappa shape index (κ2) is 12.6. The van der Waals surface area contributed by atoms with Crippen LogP contribution in [0.5, 0.6) is 0 Å². The first-order chi connectivity index (χ1) is 23.7. The maximum Gasteiger partial charge on any atom is 0.322 e. The molecule has 0 bridgehead atoms. The first-order valence-corrected chi connectivity index (χ1v) is 16.5. The third-order valence-corrected chi connectivity index (χ3v) is 9.84. The van der Waals surface area contributed by atoms with Gasteiger partial charge in [-0.25, -0.2) is 8.42 Å². The minimum Gasteiger partial charge on any atom is -0.480 e. The van der Waals surface area contributed by atoms with Crippen molar-refractivity contribution in [3.8, 4) is 11.1 Å². The summed E-state index contributed by atoms with van der Waals surface area (Å²) in [4.78, 5) is 22.3. The predicted molar refractivity (Wildman–Crippen MR) is 186 cm³/mol. The SMILES string of the molecule is O=C(O)CNc1ccc(N=Nc2ccc3c(c2)S(=O)(=O)c2cc(N=Nc4ccc(NCC(=O)O)c5ccccc45)ccc2-3)c2ccccc12. The molecule has 1 heterocycles. The van der Waals surface area contributed by atoms with Gasteiger partial charge < -0.3 is 20.8 Å². The van der Waals surface area contributed by atoms with Crippen LogP contribution in [0.15, 0.2) is 139 Å². The molecule has 242 valence electrons. The zero-order chi connectivity index (χ0) is 34.1. The standard InChI is InChI=1S/C36H26N6O6S/c43-35(44)19-37-29-13-15-31(25-7-3-1-5-23(25)29)41-39-21-9-11-27-28-12-10-22(18-34(28)49(47,48)33(27)17-21)40-42-32-16-14-30(38-20-36(45)46)24-6-2-4-8-26(24)32/h1-18,37-38H,19-20H2,(H,43,44)(H,45,46). The summed E-state index contributed by atoms with van der Waals surface area (Å²) in [7, 11) is -3.90. The molecule has 1 aliphatic rings. The van der Waals surface area contributed by atoms with Gasteiger partial charge in [0, 0.05) is 44.0 Å². The first-order valence-electron chi connectivity index (χ1n) is 15.0. The Bertz CT molecular complexity index is 2330. The van der Waals surface area contributed by atoms with Crippen LogP contribution in [0.1, 0.15) is 0 Å². The van der Waals surface area contributed by atoms with Crippen LogP contribution in [0, 0.1) is 0 Å². The van der Waals surface area contributed by atoms with Crippen molar-refractivity contribution < 1.29 is 28.2 Å². The van der Waals surface area contributed by atoms with E-state index in [0.29, 0.717) is 45.3 Å². The van der Waals surface area contributed by atoms with Crippen molar-refractivity contribution in [3.05, 3.63) is 109 Å². The van der Waals surface area contributed by atoms with Crippen molar-refractivity contribution in [1.82, 2.24) is 0 Å². The molecule has 0 unspecified atom stereocenters. The molecule has 0 aliphatic carbocycles. The number of fused-ring (bicyclic) bond motifs is 5. The Labute approximate surface area is 279 Å². The lowest BCUT2D eigenvalue weighted by Gasteiger charge is -2.09. The Morgan fingerprint density at radius 3 is 1.35 bits per heavy atom. The molecule has 0 amide bonds. The van der Waals surface area contributed by atoms with E-state index in [2.05, 4.69) is 31.1 Å². The van der Waals surface area contributed by atoms with Crippen molar-refractivity contribution in [1.29, 1.82) is 0 Å². The largest absolute Gasteiger partial charge is 0.480 e. The number of aliphatic carboxylic acids is 2. The lowest BCUT2D eigenvalue weighted by atomic mass is 10.1. The highest BCUT2D eigenvalue weighted by molar-refractivity contribution is 7.92. The molecule has 4 N–H and O–H groups in total. The molecule has 7 rings (SSSR count). The van der Waals surface area contributed by atoms with E-state index in [4.69, 9.17) is 10.2 Å². The summed E-state index contributed by atoms with van der Waals surface area (Å²) in [6.45, 7) is -0.469. The number of sulfone groups is 1. The van der Waals surface area contributed by atoms with Gasteiger partial charge in [0.2, 0.25) is 9.84 Å². The van der Waals surface area contributed by atoms with E-state index in [1.165, 1.54) is 12.1 Å². The van der Waals surface area contributed by atoms with Gasteiger partial charge in [0.1, 0.15) is 13.1 Å². The third-order valence-electron chi connectivity index (χ3n) is 8.01. The number of hydrogen-bond donors (Lipinski definition) is 4. The summed E-state index contributed by atoms with van der Waals surface area (Å²) < 4.78 is 27.5. The average Bonchev–Trinajstić information content (AvgIpc) is 3.33. The second-order valence-electron chi connectivity index (χ2n) is 11.1. The lowest BCUT2D eigenvalue weighted by Crippen LogP contribution is -2.12. The number of carboxylic acid groups (broad SMARTS) is 2. The Kier molecular flexibility index (Phi) is 8.02. The fourth-order valence-electron chi connectivity index (χ4n) is 5.77. The Morgan fingerprint density at radius 2 is 0.939 bits per heavy atom. The fourth-order valence-corrected chi connectivity index (χ4v) is 7.49. The Morgan fingerprint density at radius 1 is 0.531 bits per heavy atom. The van der Waals surface area contributed by atoms with E-state index < -0.39 is 21.8 Å². The van der Waals surface area contributed by atoms with E-state index >= 15 is 0 Å². The number of carbonyl (C=O) groups is 2. The zero-order valence-corrected chi connectivity index (χ0v) is 26.3. The van der Waals surface area contributed by atoms with E-state index in [-0.39, 0.29) is 22.9 Å². The normalized spacial score (nSPS) is 13.1. The minimum absolute atomic E-state index is 0.113. The van der Waals surface area contributed by atoms with Crippen molar-refractivity contribution in [2.75, 3.05) is 23.7 Å². The Balaban J connectivity index is 1.16. The topological polar surface area (TPSA) is 182 Å². The zero-order valence-electron chi connectivity index (χ0n) is 25.5. The van der Waals surface area contributed by atoms with Crippen LogP contribution in [-0.2, 0) is 19.4 Å². The van der Waals surface area contributed by atoms with Crippen molar-refractivity contribution in [3.63, 3.8) is 0 Å². The summed E-state index contributed by atoms with van der Waals surface area (Å²) in [5.74, 6) is -1.96. The van der Waals surface area contributed by atoms with Crippen LogP contribution in [0.3, 0.4) is 0 Å². The molecule has 49 heavy (non-hydrogen) atoms. The maximum atomic E-state index is 13.7. The second-order valence-corrected chi connectivity index (χ2v) is 13.0. The molecule has 0 fully saturated rings.